The van der Waals surface area contributed by atoms with Gasteiger partial charge in [0.25, 0.3) is 0 Å². The maximum Gasteiger partial charge on any atom is 0.127 e. The Balaban J connectivity index is 1.25. The molecule has 0 bridgehead atoms. The minimum Gasteiger partial charge on any atom is -0.494 e. The van der Waals surface area contributed by atoms with Crippen molar-refractivity contribution in [2.75, 3.05) is 13.2 Å². The van der Waals surface area contributed by atoms with Crippen LogP contribution in [-0.4, -0.2) is 13.2 Å². The minimum absolute atomic E-state index is 0.722. The van der Waals surface area contributed by atoms with Crippen LogP contribution in [0.15, 0.2) is 97.1 Å². The predicted molar refractivity (Wildman–Crippen MR) is 147 cm³/mol. The van der Waals surface area contributed by atoms with Gasteiger partial charge in [0.2, 0.25) is 0 Å². The molecule has 0 N–H and O–H groups in total. The zero-order valence-corrected chi connectivity index (χ0v) is 21.5. The summed E-state index contributed by atoms with van der Waals surface area (Å²) in [6, 6.07) is 30.4. The Kier molecular flexibility index (Phi) is 9.70. The third-order valence-corrected chi connectivity index (χ3v) is 5.54. The molecule has 0 aliphatic carbocycles. The van der Waals surface area contributed by atoms with E-state index in [0.29, 0.717) is 0 Å². The SMILES string of the molecule is CCCCOc1ccc(Oc2ccc(Oc3ccc(Oc4ccc(OCCCC)cc4)cc3)cc2)cc1. The van der Waals surface area contributed by atoms with Gasteiger partial charge in [-0.2, -0.15) is 0 Å². The number of rotatable bonds is 14. The third-order valence-electron chi connectivity index (χ3n) is 5.54. The fourth-order valence-electron chi connectivity index (χ4n) is 3.44. The van der Waals surface area contributed by atoms with Crippen molar-refractivity contribution in [3.63, 3.8) is 0 Å². The lowest BCUT2D eigenvalue weighted by molar-refractivity contribution is 0.309. The van der Waals surface area contributed by atoms with Gasteiger partial charge >= 0.3 is 0 Å². The van der Waals surface area contributed by atoms with Crippen LogP contribution in [0.1, 0.15) is 39.5 Å². The van der Waals surface area contributed by atoms with Gasteiger partial charge in [-0.15, -0.1) is 0 Å². The number of unbranched alkanes of at least 4 members (excludes halogenated alkanes) is 2. The van der Waals surface area contributed by atoms with Crippen LogP contribution < -0.4 is 23.7 Å². The lowest BCUT2D eigenvalue weighted by Crippen LogP contribution is -1.96. The Morgan fingerprint density at radius 2 is 0.568 bits per heavy atom. The van der Waals surface area contributed by atoms with Crippen molar-refractivity contribution < 1.29 is 23.7 Å². The van der Waals surface area contributed by atoms with E-state index in [1.807, 2.05) is 97.1 Å². The molecule has 4 aromatic rings. The smallest absolute Gasteiger partial charge is 0.127 e. The molecule has 0 atom stereocenters. The van der Waals surface area contributed by atoms with Gasteiger partial charge in [0.05, 0.1) is 13.2 Å². The highest BCUT2D eigenvalue weighted by molar-refractivity contribution is 5.41. The molecule has 0 aliphatic heterocycles. The van der Waals surface area contributed by atoms with Crippen molar-refractivity contribution in [1.82, 2.24) is 0 Å². The molecule has 0 fully saturated rings. The molecule has 5 heteroatoms. The normalized spacial score (nSPS) is 10.5. The first-order valence-corrected chi connectivity index (χ1v) is 12.9. The second kappa shape index (κ2) is 13.8. The summed E-state index contributed by atoms with van der Waals surface area (Å²) in [6.45, 7) is 5.76. The fourth-order valence-corrected chi connectivity index (χ4v) is 3.44. The molecule has 0 heterocycles. The third kappa shape index (κ3) is 8.50. The molecule has 0 unspecified atom stereocenters. The van der Waals surface area contributed by atoms with Gasteiger partial charge in [-0.25, -0.2) is 0 Å². The van der Waals surface area contributed by atoms with Crippen LogP contribution in [0.3, 0.4) is 0 Å². The van der Waals surface area contributed by atoms with Crippen LogP contribution in [-0.2, 0) is 0 Å². The number of benzene rings is 4. The monoisotopic (exact) mass is 498 g/mol. The van der Waals surface area contributed by atoms with E-state index >= 15 is 0 Å². The second-order valence-corrected chi connectivity index (χ2v) is 8.60. The number of ether oxygens (including phenoxy) is 5. The largest absolute Gasteiger partial charge is 0.494 e. The molecular weight excluding hydrogens is 464 g/mol. The zero-order chi connectivity index (χ0) is 25.7. The Labute approximate surface area is 219 Å². The molecular formula is C32H34O5. The minimum atomic E-state index is 0.722. The summed E-state index contributed by atoms with van der Waals surface area (Å²) in [7, 11) is 0. The van der Waals surface area contributed by atoms with E-state index in [4.69, 9.17) is 23.7 Å². The van der Waals surface area contributed by atoms with Gasteiger partial charge in [-0.1, -0.05) is 26.7 Å². The molecule has 0 saturated heterocycles. The Hall–Kier alpha value is -4.12. The van der Waals surface area contributed by atoms with Crippen LogP contribution in [0.5, 0.6) is 46.0 Å². The molecule has 0 radical (unpaired) electrons. The maximum atomic E-state index is 5.97. The lowest BCUT2D eigenvalue weighted by atomic mass is 10.3. The van der Waals surface area contributed by atoms with Gasteiger partial charge in [-0.05, 0) is 110 Å². The van der Waals surface area contributed by atoms with E-state index in [1.54, 1.807) is 0 Å². The van der Waals surface area contributed by atoms with Crippen molar-refractivity contribution in [3.05, 3.63) is 97.1 Å². The molecule has 0 amide bonds. The molecule has 37 heavy (non-hydrogen) atoms. The van der Waals surface area contributed by atoms with Crippen LogP contribution in [0.4, 0.5) is 0 Å². The average molecular weight is 499 g/mol. The first-order chi connectivity index (χ1) is 18.2. The van der Waals surface area contributed by atoms with E-state index in [-0.39, 0.29) is 0 Å². The summed E-state index contributed by atoms with van der Waals surface area (Å²) in [4.78, 5) is 0. The van der Waals surface area contributed by atoms with E-state index in [0.717, 1.165) is 84.9 Å². The molecule has 4 rings (SSSR count). The van der Waals surface area contributed by atoms with Crippen LogP contribution in [0.2, 0.25) is 0 Å². The number of hydrogen-bond donors (Lipinski definition) is 0. The van der Waals surface area contributed by atoms with Crippen LogP contribution in [0.25, 0.3) is 0 Å². The molecule has 0 aromatic heterocycles. The van der Waals surface area contributed by atoms with Gasteiger partial charge in [0.15, 0.2) is 0 Å². The van der Waals surface area contributed by atoms with Gasteiger partial charge in [0, 0.05) is 0 Å². The molecule has 0 spiro atoms. The summed E-state index contributed by atoms with van der Waals surface area (Å²) in [5.74, 6) is 6.13. The quantitative estimate of drug-likeness (QED) is 0.162. The van der Waals surface area contributed by atoms with Crippen LogP contribution >= 0.6 is 0 Å². The van der Waals surface area contributed by atoms with Gasteiger partial charge < -0.3 is 23.7 Å². The summed E-state index contributed by atoms with van der Waals surface area (Å²) >= 11 is 0. The lowest BCUT2D eigenvalue weighted by Gasteiger charge is -2.10. The van der Waals surface area contributed by atoms with Crippen molar-refractivity contribution in [3.8, 4) is 46.0 Å². The molecule has 192 valence electrons. The highest BCUT2D eigenvalue weighted by Crippen LogP contribution is 2.30. The van der Waals surface area contributed by atoms with Crippen molar-refractivity contribution >= 4 is 0 Å². The Morgan fingerprint density at radius 1 is 0.351 bits per heavy atom. The van der Waals surface area contributed by atoms with Crippen LogP contribution in [0, 0.1) is 0 Å². The summed E-state index contributed by atoms with van der Waals surface area (Å²) < 4.78 is 29.2. The first-order valence-electron chi connectivity index (χ1n) is 12.9. The topological polar surface area (TPSA) is 46.2 Å². The molecule has 0 aliphatic rings. The number of hydrogen-bond acceptors (Lipinski definition) is 5. The van der Waals surface area contributed by atoms with Crippen molar-refractivity contribution in [2.24, 2.45) is 0 Å². The average Bonchev–Trinajstić information content (AvgIpc) is 2.93. The van der Waals surface area contributed by atoms with E-state index < -0.39 is 0 Å². The Bertz CT molecular complexity index is 1090. The van der Waals surface area contributed by atoms with Crippen molar-refractivity contribution in [1.29, 1.82) is 0 Å². The van der Waals surface area contributed by atoms with Gasteiger partial charge in [-0.3, -0.25) is 0 Å². The highest BCUT2D eigenvalue weighted by atomic mass is 16.5. The van der Waals surface area contributed by atoms with E-state index in [9.17, 15) is 0 Å². The summed E-state index contributed by atoms with van der Waals surface area (Å²) in [5.41, 5.74) is 0. The summed E-state index contributed by atoms with van der Waals surface area (Å²) in [5, 5.41) is 0. The van der Waals surface area contributed by atoms with E-state index in [1.165, 1.54) is 0 Å². The zero-order valence-electron chi connectivity index (χ0n) is 21.5. The predicted octanol–water partition coefficient (Wildman–Crippen LogP) is 9.42. The Morgan fingerprint density at radius 3 is 0.784 bits per heavy atom. The van der Waals surface area contributed by atoms with Gasteiger partial charge in [0.1, 0.15) is 46.0 Å². The molecule has 5 nitrogen and oxygen atoms in total. The highest BCUT2D eigenvalue weighted by Gasteiger charge is 2.04. The maximum absolute atomic E-state index is 5.97. The molecule has 0 saturated carbocycles. The van der Waals surface area contributed by atoms with E-state index in [2.05, 4.69) is 13.8 Å². The van der Waals surface area contributed by atoms with Crippen molar-refractivity contribution in [2.45, 2.75) is 39.5 Å². The fraction of sp³-hybridized carbons (Fsp3) is 0.250. The standard InChI is InChI=1S/C32H34O5/c1-3-5-23-33-25-7-11-27(12-8-25)35-29-15-19-31(20-16-29)37-32-21-17-30(18-22-32)36-28-13-9-26(10-14-28)34-24-6-4-2/h7-22H,3-6,23-24H2,1-2H3. The first kappa shape index (κ1) is 26.0. The second-order valence-electron chi connectivity index (χ2n) is 8.60. The summed E-state index contributed by atoms with van der Waals surface area (Å²) in [6.07, 6.45) is 4.33. The molecule has 4 aromatic carbocycles.